The van der Waals surface area contributed by atoms with Gasteiger partial charge in [-0.3, -0.25) is 0 Å². The topological polar surface area (TPSA) is 83.5 Å². The van der Waals surface area contributed by atoms with Crippen LogP contribution in [0.5, 0.6) is 5.75 Å². The number of hydrogen-bond donors (Lipinski definition) is 0. The van der Waals surface area contributed by atoms with Crippen LogP contribution in [0.25, 0.3) is 5.69 Å². The molecule has 0 aliphatic carbocycles. The molecule has 0 bridgehead atoms. The average Bonchev–Trinajstić information content (AvgIpc) is 3.45. The lowest BCUT2D eigenvalue weighted by atomic mass is 10.1. The van der Waals surface area contributed by atoms with Gasteiger partial charge in [0, 0.05) is 6.04 Å². The predicted molar refractivity (Wildman–Crippen MR) is 134 cm³/mol. The Labute approximate surface area is 208 Å². The number of ether oxygens (including phenoxy) is 1. The first kappa shape index (κ1) is 24.2. The van der Waals surface area contributed by atoms with Crippen LogP contribution >= 0.6 is 23.4 Å². The SMILES string of the molecule is CCC(CC)n1c(COc2ccccc2Cl)nnc1SCc1nnnn1-c1c(C)cccc1C. The summed E-state index contributed by atoms with van der Waals surface area (Å²) in [5, 5.41) is 22.8. The lowest BCUT2D eigenvalue weighted by Gasteiger charge is -2.19. The fourth-order valence-electron chi connectivity index (χ4n) is 3.97. The van der Waals surface area contributed by atoms with E-state index in [-0.39, 0.29) is 12.6 Å². The summed E-state index contributed by atoms with van der Waals surface area (Å²) in [4.78, 5) is 0. The molecule has 34 heavy (non-hydrogen) atoms. The summed E-state index contributed by atoms with van der Waals surface area (Å²) in [6.45, 7) is 8.76. The van der Waals surface area contributed by atoms with Crippen LogP contribution < -0.4 is 4.74 Å². The molecule has 0 saturated carbocycles. The highest BCUT2D eigenvalue weighted by Gasteiger charge is 2.21. The van der Waals surface area contributed by atoms with Crippen molar-refractivity contribution >= 4 is 23.4 Å². The normalized spacial score (nSPS) is 11.4. The summed E-state index contributed by atoms with van der Waals surface area (Å²) >= 11 is 7.83. The number of halogens is 1. The maximum atomic E-state index is 6.25. The zero-order chi connectivity index (χ0) is 24.1. The van der Waals surface area contributed by atoms with Gasteiger partial charge in [0.2, 0.25) is 0 Å². The molecular formula is C24H28ClN7OS. The predicted octanol–water partition coefficient (Wildman–Crippen LogP) is 5.76. The lowest BCUT2D eigenvalue weighted by Crippen LogP contribution is -2.14. The number of tetrazole rings is 1. The van der Waals surface area contributed by atoms with E-state index in [9.17, 15) is 0 Å². The summed E-state index contributed by atoms with van der Waals surface area (Å²) in [6, 6.07) is 13.9. The molecule has 10 heteroatoms. The summed E-state index contributed by atoms with van der Waals surface area (Å²) in [5.41, 5.74) is 3.26. The Hall–Kier alpha value is -2.91. The largest absolute Gasteiger partial charge is 0.484 e. The summed E-state index contributed by atoms with van der Waals surface area (Å²) in [5.74, 6) is 2.72. The first-order valence-electron chi connectivity index (χ1n) is 11.3. The Morgan fingerprint density at radius 2 is 1.68 bits per heavy atom. The highest BCUT2D eigenvalue weighted by molar-refractivity contribution is 7.98. The third kappa shape index (κ3) is 5.10. The van der Waals surface area contributed by atoms with Crippen LogP contribution in [0.3, 0.4) is 0 Å². The molecule has 0 fully saturated rings. The van der Waals surface area contributed by atoms with Crippen LogP contribution in [0, 0.1) is 13.8 Å². The van der Waals surface area contributed by atoms with Crippen molar-refractivity contribution in [1.82, 2.24) is 35.0 Å². The molecule has 178 valence electrons. The van der Waals surface area contributed by atoms with Crippen molar-refractivity contribution in [3.05, 3.63) is 70.3 Å². The first-order valence-corrected chi connectivity index (χ1v) is 12.7. The van der Waals surface area contributed by atoms with Crippen LogP contribution in [-0.4, -0.2) is 35.0 Å². The van der Waals surface area contributed by atoms with Gasteiger partial charge in [-0.05, 0) is 60.4 Å². The van der Waals surface area contributed by atoms with Gasteiger partial charge in [0.15, 0.2) is 16.8 Å². The number of hydrogen-bond acceptors (Lipinski definition) is 7. The number of nitrogens with zero attached hydrogens (tertiary/aromatic N) is 7. The molecule has 8 nitrogen and oxygen atoms in total. The highest BCUT2D eigenvalue weighted by atomic mass is 35.5. The van der Waals surface area contributed by atoms with E-state index in [0.717, 1.165) is 46.5 Å². The molecule has 0 saturated heterocycles. The number of benzene rings is 2. The van der Waals surface area contributed by atoms with Gasteiger partial charge in [-0.2, -0.15) is 4.68 Å². The first-order chi connectivity index (χ1) is 16.5. The summed E-state index contributed by atoms with van der Waals surface area (Å²) in [7, 11) is 0. The summed E-state index contributed by atoms with van der Waals surface area (Å²) < 4.78 is 9.96. The molecule has 0 N–H and O–H groups in total. The van der Waals surface area contributed by atoms with E-state index in [1.165, 1.54) is 0 Å². The Morgan fingerprint density at radius 3 is 2.38 bits per heavy atom. The minimum Gasteiger partial charge on any atom is -0.484 e. The van der Waals surface area contributed by atoms with Crippen LogP contribution in [0.4, 0.5) is 0 Å². The number of para-hydroxylation sites is 2. The molecule has 0 aliphatic rings. The van der Waals surface area contributed by atoms with Crippen molar-refractivity contribution in [2.24, 2.45) is 0 Å². The Balaban J connectivity index is 1.57. The van der Waals surface area contributed by atoms with Crippen molar-refractivity contribution in [3.63, 3.8) is 0 Å². The van der Waals surface area contributed by atoms with Crippen LogP contribution in [-0.2, 0) is 12.4 Å². The van der Waals surface area contributed by atoms with E-state index in [2.05, 4.69) is 70.1 Å². The number of aromatic nitrogens is 7. The van der Waals surface area contributed by atoms with Crippen LogP contribution in [0.15, 0.2) is 47.6 Å². The summed E-state index contributed by atoms with van der Waals surface area (Å²) in [6.07, 6.45) is 1.92. The fraction of sp³-hybridized carbons (Fsp3) is 0.375. The lowest BCUT2D eigenvalue weighted by molar-refractivity contribution is 0.278. The van der Waals surface area contributed by atoms with Crippen molar-refractivity contribution < 1.29 is 4.74 Å². The van der Waals surface area contributed by atoms with Crippen LogP contribution in [0.2, 0.25) is 5.02 Å². The second kappa shape index (κ2) is 11.0. The minimum absolute atomic E-state index is 0.261. The highest BCUT2D eigenvalue weighted by Crippen LogP contribution is 2.30. The van der Waals surface area contributed by atoms with Gasteiger partial charge in [-0.15, -0.1) is 15.3 Å². The van der Waals surface area contributed by atoms with E-state index >= 15 is 0 Å². The molecule has 4 rings (SSSR count). The number of rotatable bonds is 10. The maximum absolute atomic E-state index is 6.25. The number of thioether (sulfide) groups is 1. The Bertz CT molecular complexity index is 1230. The van der Waals surface area contributed by atoms with Gasteiger partial charge in [0.1, 0.15) is 12.4 Å². The monoisotopic (exact) mass is 497 g/mol. The average molecular weight is 498 g/mol. The molecule has 4 aromatic rings. The van der Waals surface area contributed by atoms with Gasteiger partial charge in [0.25, 0.3) is 0 Å². The fourth-order valence-corrected chi connectivity index (χ4v) is 5.09. The third-order valence-corrected chi connectivity index (χ3v) is 7.00. The zero-order valence-electron chi connectivity index (χ0n) is 19.8. The Kier molecular flexibility index (Phi) is 7.84. The molecule has 0 atom stereocenters. The van der Waals surface area contributed by atoms with E-state index in [1.54, 1.807) is 11.8 Å². The molecule has 0 radical (unpaired) electrons. The Morgan fingerprint density at radius 1 is 0.941 bits per heavy atom. The van der Waals surface area contributed by atoms with E-state index in [1.807, 2.05) is 35.0 Å². The molecular weight excluding hydrogens is 470 g/mol. The second-order valence-electron chi connectivity index (χ2n) is 7.99. The van der Waals surface area contributed by atoms with Crippen molar-refractivity contribution in [1.29, 1.82) is 0 Å². The van der Waals surface area contributed by atoms with Crippen molar-refractivity contribution in [2.75, 3.05) is 0 Å². The molecule has 0 unspecified atom stereocenters. The quantitative estimate of drug-likeness (QED) is 0.258. The maximum Gasteiger partial charge on any atom is 0.192 e. The van der Waals surface area contributed by atoms with Crippen molar-refractivity contribution in [3.8, 4) is 11.4 Å². The van der Waals surface area contributed by atoms with Gasteiger partial charge < -0.3 is 9.30 Å². The van der Waals surface area contributed by atoms with Gasteiger partial charge in [-0.1, -0.05) is 67.5 Å². The third-order valence-electron chi connectivity index (χ3n) is 5.75. The molecule has 2 aromatic carbocycles. The number of aryl methyl sites for hydroxylation is 2. The van der Waals surface area contributed by atoms with E-state index in [0.29, 0.717) is 16.5 Å². The van der Waals surface area contributed by atoms with Gasteiger partial charge in [0.05, 0.1) is 16.5 Å². The molecule has 2 heterocycles. The smallest absolute Gasteiger partial charge is 0.192 e. The molecule has 0 amide bonds. The second-order valence-corrected chi connectivity index (χ2v) is 9.34. The molecule has 2 aromatic heterocycles. The van der Waals surface area contributed by atoms with Gasteiger partial charge >= 0.3 is 0 Å². The van der Waals surface area contributed by atoms with E-state index in [4.69, 9.17) is 16.3 Å². The standard InChI is InChI=1S/C24H28ClN7OS/c1-5-18(6-2)31-21(14-33-20-13-8-7-12-19(20)25)26-28-24(31)34-15-22-27-29-30-32(22)23-16(3)10-9-11-17(23)4/h7-13,18H,5-6,14-15H2,1-4H3. The van der Waals surface area contributed by atoms with Gasteiger partial charge in [-0.25, -0.2) is 0 Å². The zero-order valence-corrected chi connectivity index (χ0v) is 21.3. The minimum atomic E-state index is 0.261. The van der Waals surface area contributed by atoms with Crippen molar-refractivity contribution in [2.45, 2.75) is 64.1 Å². The molecule has 0 spiro atoms. The van der Waals surface area contributed by atoms with E-state index < -0.39 is 0 Å². The van der Waals surface area contributed by atoms with Crippen LogP contribution in [0.1, 0.15) is 55.5 Å². The molecule has 0 aliphatic heterocycles.